The van der Waals surface area contributed by atoms with E-state index in [9.17, 15) is 4.79 Å². The Morgan fingerprint density at radius 2 is 2.47 bits per heavy atom. The van der Waals surface area contributed by atoms with E-state index in [0.29, 0.717) is 18.8 Å². The van der Waals surface area contributed by atoms with Crippen LogP contribution in [-0.2, 0) is 9.53 Å². The van der Waals surface area contributed by atoms with E-state index in [1.165, 1.54) is 0 Å². The van der Waals surface area contributed by atoms with Gasteiger partial charge in [0.25, 0.3) is 0 Å². The van der Waals surface area contributed by atoms with Gasteiger partial charge in [0.15, 0.2) is 0 Å². The number of hydrogen-bond donors (Lipinski definition) is 1. The largest absolute Gasteiger partial charge is 0.376 e. The molecule has 0 bridgehead atoms. The number of nitrogens with zero attached hydrogens (tertiary/aromatic N) is 1. The number of carbonyl (C=O) groups excluding carboxylic acids is 1. The molecular formula is C13H18N2O2. The highest BCUT2D eigenvalue weighted by Crippen LogP contribution is 2.32. The van der Waals surface area contributed by atoms with E-state index >= 15 is 0 Å². The second-order valence-corrected chi connectivity index (χ2v) is 5.16. The summed E-state index contributed by atoms with van der Waals surface area (Å²) >= 11 is 0. The van der Waals surface area contributed by atoms with Crippen LogP contribution < -0.4 is 5.32 Å². The molecule has 2 atom stereocenters. The van der Waals surface area contributed by atoms with Gasteiger partial charge < -0.3 is 9.64 Å². The summed E-state index contributed by atoms with van der Waals surface area (Å²) in [7, 11) is 0. The van der Waals surface area contributed by atoms with Crippen molar-refractivity contribution in [1.82, 2.24) is 10.2 Å². The number of Topliss-reactive ketones (excluding diaryl/α,β-unsaturated/α-hetero) is 1. The third-order valence-corrected chi connectivity index (χ3v) is 3.87. The molecule has 1 aliphatic carbocycles. The molecule has 0 aromatic rings. The molecule has 4 nitrogen and oxygen atoms in total. The second-order valence-electron chi connectivity index (χ2n) is 5.16. The summed E-state index contributed by atoms with van der Waals surface area (Å²) in [5.74, 6) is 0.405. The van der Waals surface area contributed by atoms with Gasteiger partial charge in [0, 0.05) is 25.7 Å². The van der Waals surface area contributed by atoms with Gasteiger partial charge in [-0.2, -0.15) is 0 Å². The Bertz CT molecular complexity index is 394. The SMILES string of the molecule is CC1(N2C=C3C=CCC(=O)C3C2)COCCN1. The van der Waals surface area contributed by atoms with Crippen molar-refractivity contribution in [2.45, 2.75) is 19.0 Å². The molecule has 2 aliphatic heterocycles. The predicted molar refractivity (Wildman–Crippen MR) is 64.3 cm³/mol. The number of hydrogen-bond acceptors (Lipinski definition) is 4. The van der Waals surface area contributed by atoms with Crippen molar-refractivity contribution >= 4 is 5.78 Å². The van der Waals surface area contributed by atoms with E-state index in [1.54, 1.807) is 0 Å². The highest BCUT2D eigenvalue weighted by molar-refractivity contribution is 5.88. The van der Waals surface area contributed by atoms with Crippen molar-refractivity contribution in [3.05, 3.63) is 23.9 Å². The molecule has 0 spiro atoms. The quantitative estimate of drug-likeness (QED) is 0.724. The third kappa shape index (κ3) is 1.81. The Labute approximate surface area is 101 Å². The first-order chi connectivity index (χ1) is 8.19. The summed E-state index contributed by atoms with van der Waals surface area (Å²) in [5, 5.41) is 3.48. The van der Waals surface area contributed by atoms with Crippen LogP contribution in [-0.4, -0.2) is 42.6 Å². The van der Waals surface area contributed by atoms with Gasteiger partial charge >= 0.3 is 0 Å². The van der Waals surface area contributed by atoms with Crippen molar-refractivity contribution in [3.8, 4) is 0 Å². The van der Waals surface area contributed by atoms with Crippen molar-refractivity contribution in [2.24, 2.45) is 5.92 Å². The summed E-state index contributed by atoms with van der Waals surface area (Å²) in [4.78, 5) is 14.1. The molecular weight excluding hydrogens is 216 g/mol. The molecule has 2 heterocycles. The molecule has 4 heteroatoms. The molecule has 17 heavy (non-hydrogen) atoms. The highest BCUT2D eigenvalue weighted by Gasteiger charge is 2.40. The Hall–Kier alpha value is -1.13. The predicted octanol–water partition coefficient (Wildman–Crippen LogP) is 0.667. The van der Waals surface area contributed by atoms with Crippen LogP contribution in [0.25, 0.3) is 0 Å². The molecule has 0 aromatic carbocycles. The Balaban J connectivity index is 1.81. The zero-order valence-electron chi connectivity index (χ0n) is 10.1. The summed E-state index contributed by atoms with van der Waals surface area (Å²) in [6.07, 6.45) is 6.73. The summed E-state index contributed by atoms with van der Waals surface area (Å²) in [5.41, 5.74) is 0.978. The molecule has 3 aliphatic rings. The van der Waals surface area contributed by atoms with Gasteiger partial charge in [-0.1, -0.05) is 12.2 Å². The van der Waals surface area contributed by atoms with Crippen LogP contribution in [0.1, 0.15) is 13.3 Å². The van der Waals surface area contributed by atoms with Crippen LogP contribution in [0, 0.1) is 5.92 Å². The van der Waals surface area contributed by atoms with Gasteiger partial charge in [0.2, 0.25) is 0 Å². The van der Waals surface area contributed by atoms with Crippen molar-refractivity contribution in [1.29, 1.82) is 0 Å². The maximum atomic E-state index is 11.8. The van der Waals surface area contributed by atoms with Crippen LogP contribution in [0.2, 0.25) is 0 Å². The second kappa shape index (κ2) is 3.96. The van der Waals surface area contributed by atoms with Crippen molar-refractivity contribution < 1.29 is 9.53 Å². The van der Waals surface area contributed by atoms with Crippen LogP contribution in [0.15, 0.2) is 23.9 Å². The topological polar surface area (TPSA) is 41.6 Å². The molecule has 1 fully saturated rings. The standard InChI is InChI=1S/C13H18N2O2/c1-13(9-17-6-5-14-13)15-7-10-3-2-4-12(16)11(10)8-15/h2-3,7,11,14H,4-6,8-9H2,1H3. The molecule has 1 saturated heterocycles. The summed E-state index contributed by atoms with van der Waals surface area (Å²) < 4.78 is 5.54. The first kappa shape index (κ1) is 11.0. The van der Waals surface area contributed by atoms with Crippen LogP contribution >= 0.6 is 0 Å². The first-order valence-corrected chi connectivity index (χ1v) is 6.19. The third-order valence-electron chi connectivity index (χ3n) is 3.87. The van der Waals surface area contributed by atoms with Crippen LogP contribution in [0.4, 0.5) is 0 Å². The Kier molecular flexibility index (Phi) is 2.56. The number of morpholine rings is 1. The van der Waals surface area contributed by atoms with Gasteiger partial charge in [0.1, 0.15) is 11.4 Å². The fraction of sp³-hybridized carbons (Fsp3) is 0.615. The van der Waals surface area contributed by atoms with Crippen LogP contribution in [0.3, 0.4) is 0 Å². The molecule has 2 unspecified atom stereocenters. The molecule has 1 N–H and O–H groups in total. The number of ketones is 1. The zero-order chi connectivity index (χ0) is 11.9. The van der Waals surface area contributed by atoms with Gasteiger partial charge in [-0.05, 0) is 12.5 Å². The molecule has 0 aromatic heterocycles. The lowest BCUT2D eigenvalue weighted by molar-refractivity contribution is -0.121. The average molecular weight is 234 g/mol. The minimum absolute atomic E-state index is 0.0700. The van der Waals surface area contributed by atoms with Crippen molar-refractivity contribution in [2.75, 3.05) is 26.3 Å². The Morgan fingerprint density at radius 3 is 3.18 bits per heavy atom. The van der Waals surface area contributed by atoms with E-state index in [1.807, 2.05) is 6.08 Å². The minimum Gasteiger partial charge on any atom is -0.376 e. The smallest absolute Gasteiger partial charge is 0.145 e. The zero-order valence-corrected chi connectivity index (χ0v) is 10.1. The number of allylic oxidation sites excluding steroid dienone is 2. The lowest BCUT2D eigenvalue weighted by Gasteiger charge is -2.42. The normalized spacial score (nSPS) is 37.0. The molecule has 0 saturated carbocycles. The highest BCUT2D eigenvalue weighted by atomic mass is 16.5. The maximum Gasteiger partial charge on any atom is 0.145 e. The van der Waals surface area contributed by atoms with Gasteiger partial charge in [-0.25, -0.2) is 0 Å². The van der Waals surface area contributed by atoms with Crippen LogP contribution in [0.5, 0.6) is 0 Å². The maximum absolute atomic E-state index is 11.8. The summed E-state index contributed by atoms with van der Waals surface area (Å²) in [6, 6.07) is 0. The Morgan fingerprint density at radius 1 is 1.59 bits per heavy atom. The number of fused-ring (bicyclic) bond motifs is 1. The number of rotatable bonds is 1. The molecule has 92 valence electrons. The first-order valence-electron chi connectivity index (χ1n) is 6.19. The fourth-order valence-corrected chi connectivity index (χ4v) is 2.77. The molecule has 0 radical (unpaired) electrons. The van der Waals surface area contributed by atoms with E-state index in [0.717, 1.165) is 25.3 Å². The lowest BCUT2D eigenvalue weighted by Crippen LogP contribution is -2.61. The van der Waals surface area contributed by atoms with Gasteiger partial charge in [0.05, 0.1) is 19.1 Å². The van der Waals surface area contributed by atoms with E-state index in [-0.39, 0.29) is 11.6 Å². The fourth-order valence-electron chi connectivity index (χ4n) is 2.77. The van der Waals surface area contributed by atoms with E-state index in [2.05, 4.69) is 29.4 Å². The van der Waals surface area contributed by atoms with E-state index < -0.39 is 0 Å². The lowest BCUT2D eigenvalue weighted by atomic mass is 9.90. The van der Waals surface area contributed by atoms with Gasteiger partial charge in [-0.3, -0.25) is 10.1 Å². The average Bonchev–Trinajstić information content (AvgIpc) is 2.76. The molecule has 0 amide bonds. The minimum atomic E-state index is -0.170. The van der Waals surface area contributed by atoms with Gasteiger partial charge in [-0.15, -0.1) is 0 Å². The number of ether oxygens (including phenoxy) is 1. The number of carbonyl (C=O) groups is 1. The summed E-state index contributed by atoms with van der Waals surface area (Å²) in [6.45, 7) is 5.22. The number of nitrogens with one attached hydrogen (secondary N) is 1. The molecule has 3 rings (SSSR count). The van der Waals surface area contributed by atoms with Crippen molar-refractivity contribution in [3.63, 3.8) is 0 Å². The van der Waals surface area contributed by atoms with E-state index in [4.69, 9.17) is 4.74 Å². The monoisotopic (exact) mass is 234 g/mol.